The number of carboxylic acids is 1. The molecule has 0 spiro atoms. The molecule has 1 amide bonds. The number of rotatable bonds is 7. The summed E-state index contributed by atoms with van der Waals surface area (Å²) in [4.78, 5) is 27.2. The molecule has 1 aromatic carbocycles. The average molecular weight is 348 g/mol. The Labute approximate surface area is 147 Å². The van der Waals surface area contributed by atoms with Crippen LogP contribution in [0.1, 0.15) is 17.9 Å². The first kappa shape index (κ1) is 17.5. The topological polar surface area (TPSA) is 79.3 Å². The van der Waals surface area contributed by atoms with Crippen molar-refractivity contribution in [1.82, 2.24) is 9.80 Å². The van der Waals surface area contributed by atoms with E-state index in [2.05, 4.69) is 0 Å². The number of hydrogen-bond acceptors (Lipinski definition) is 5. The number of hydrogen-bond donors (Lipinski definition) is 1. The van der Waals surface area contributed by atoms with Gasteiger partial charge in [0, 0.05) is 19.0 Å². The molecule has 1 N–H and O–H groups in total. The number of carbonyl (C=O) groups is 2. The predicted molar refractivity (Wildman–Crippen MR) is 91.0 cm³/mol. The number of ether oxygens (including phenoxy) is 2. The molecule has 136 valence electrons. The highest BCUT2D eigenvalue weighted by Gasteiger charge is 2.46. The standard InChI is InChI=1S/C18H24N2O5/c1-19(2)5-6-20(11-17(21)22)18(23)14-10-13(14)12-3-4-15-16(9-12)25-8-7-24-15/h3-4,9,13-14H,5-8,10-11H2,1-2H3,(H,21,22)/t13-,14+/m0/s1. The molecule has 2 atom stereocenters. The van der Waals surface area contributed by atoms with E-state index in [1.807, 2.05) is 37.2 Å². The minimum atomic E-state index is -0.983. The van der Waals surface area contributed by atoms with Crippen LogP contribution >= 0.6 is 0 Å². The lowest BCUT2D eigenvalue weighted by Gasteiger charge is -2.23. The number of fused-ring (bicyclic) bond motifs is 1. The number of likely N-dealkylation sites (N-methyl/N-ethyl adjacent to an activating group) is 1. The smallest absolute Gasteiger partial charge is 0.323 e. The molecule has 0 radical (unpaired) electrons. The summed E-state index contributed by atoms with van der Waals surface area (Å²) in [6.07, 6.45) is 0.747. The Kier molecular flexibility index (Phi) is 5.13. The van der Waals surface area contributed by atoms with E-state index >= 15 is 0 Å². The van der Waals surface area contributed by atoms with Crippen LogP contribution in [-0.4, -0.2) is 73.7 Å². The molecule has 7 nitrogen and oxygen atoms in total. The van der Waals surface area contributed by atoms with E-state index in [9.17, 15) is 9.59 Å². The first-order valence-electron chi connectivity index (χ1n) is 8.50. The lowest BCUT2D eigenvalue weighted by Crippen LogP contribution is -2.41. The molecular formula is C18H24N2O5. The van der Waals surface area contributed by atoms with Crippen LogP contribution in [0.2, 0.25) is 0 Å². The molecule has 2 aliphatic rings. The van der Waals surface area contributed by atoms with Gasteiger partial charge in [-0.2, -0.15) is 0 Å². The Morgan fingerprint density at radius 3 is 2.56 bits per heavy atom. The maximum Gasteiger partial charge on any atom is 0.323 e. The van der Waals surface area contributed by atoms with E-state index in [1.54, 1.807) is 0 Å². The lowest BCUT2D eigenvalue weighted by molar-refractivity contribution is -0.145. The first-order chi connectivity index (χ1) is 12.0. The van der Waals surface area contributed by atoms with Crippen molar-refractivity contribution in [3.8, 4) is 11.5 Å². The van der Waals surface area contributed by atoms with E-state index in [1.165, 1.54) is 4.90 Å². The van der Waals surface area contributed by atoms with Gasteiger partial charge in [0.1, 0.15) is 19.8 Å². The number of amides is 1. The van der Waals surface area contributed by atoms with Crippen molar-refractivity contribution in [2.45, 2.75) is 12.3 Å². The molecule has 0 unspecified atom stereocenters. The second-order valence-corrected chi connectivity index (χ2v) is 6.81. The van der Waals surface area contributed by atoms with Gasteiger partial charge in [0.2, 0.25) is 5.91 Å². The second kappa shape index (κ2) is 7.31. The fraction of sp³-hybridized carbons (Fsp3) is 0.556. The van der Waals surface area contributed by atoms with E-state index < -0.39 is 5.97 Å². The molecule has 1 heterocycles. The van der Waals surface area contributed by atoms with Crippen molar-refractivity contribution in [3.05, 3.63) is 23.8 Å². The predicted octanol–water partition coefficient (Wildman–Crippen LogP) is 1.04. The third-order valence-corrected chi connectivity index (χ3v) is 4.56. The zero-order valence-electron chi connectivity index (χ0n) is 14.6. The Balaban J connectivity index is 1.66. The van der Waals surface area contributed by atoms with Gasteiger partial charge < -0.3 is 24.4 Å². The van der Waals surface area contributed by atoms with Crippen molar-refractivity contribution in [1.29, 1.82) is 0 Å². The van der Waals surface area contributed by atoms with Gasteiger partial charge in [0.05, 0.1) is 0 Å². The van der Waals surface area contributed by atoms with Gasteiger partial charge in [0.15, 0.2) is 11.5 Å². The number of carboxylic acid groups (broad SMARTS) is 1. The van der Waals surface area contributed by atoms with Crippen molar-refractivity contribution in [2.75, 3.05) is 46.9 Å². The first-order valence-corrected chi connectivity index (χ1v) is 8.50. The highest BCUT2D eigenvalue weighted by Crippen LogP contribution is 2.50. The van der Waals surface area contributed by atoms with Crippen molar-refractivity contribution >= 4 is 11.9 Å². The van der Waals surface area contributed by atoms with Crippen LogP contribution in [0.15, 0.2) is 18.2 Å². The molecule has 25 heavy (non-hydrogen) atoms. The summed E-state index contributed by atoms with van der Waals surface area (Å²) in [6, 6.07) is 5.78. The number of nitrogens with zero attached hydrogens (tertiary/aromatic N) is 2. The fourth-order valence-corrected chi connectivity index (χ4v) is 3.11. The van der Waals surface area contributed by atoms with Crippen molar-refractivity contribution < 1.29 is 24.2 Å². The molecule has 0 aromatic heterocycles. The van der Waals surface area contributed by atoms with Crippen LogP contribution in [0.5, 0.6) is 11.5 Å². The zero-order chi connectivity index (χ0) is 18.0. The second-order valence-electron chi connectivity index (χ2n) is 6.81. The van der Waals surface area contributed by atoms with E-state index in [0.29, 0.717) is 26.3 Å². The third-order valence-electron chi connectivity index (χ3n) is 4.56. The van der Waals surface area contributed by atoms with Crippen LogP contribution in [0, 0.1) is 5.92 Å². The molecule has 0 bridgehead atoms. The summed E-state index contributed by atoms with van der Waals surface area (Å²) in [7, 11) is 3.80. The number of benzene rings is 1. The van der Waals surface area contributed by atoms with Crippen LogP contribution in [-0.2, 0) is 9.59 Å². The number of aliphatic carboxylic acids is 1. The summed E-state index contributed by atoms with van der Waals surface area (Å²) in [5, 5.41) is 9.08. The van der Waals surface area contributed by atoms with Gasteiger partial charge in [-0.05, 0) is 44.1 Å². The minimum absolute atomic E-state index is 0.0795. The fourth-order valence-electron chi connectivity index (χ4n) is 3.11. The Morgan fingerprint density at radius 2 is 1.88 bits per heavy atom. The maximum atomic E-state index is 12.7. The van der Waals surface area contributed by atoms with Gasteiger partial charge in [-0.25, -0.2) is 0 Å². The summed E-state index contributed by atoms with van der Waals surface area (Å²) >= 11 is 0. The Bertz CT molecular complexity index is 661. The zero-order valence-corrected chi connectivity index (χ0v) is 14.6. The minimum Gasteiger partial charge on any atom is -0.486 e. The Morgan fingerprint density at radius 1 is 1.16 bits per heavy atom. The highest BCUT2D eigenvalue weighted by atomic mass is 16.6. The van der Waals surface area contributed by atoms with Gasteiger partial charge in [-0.3, -0.25) is 9.59 Å². The van der Waals surface area contributed by atoms with Crippen LogP contribution in [0.3, 0.4) is 0 Å². The van der Waals surface area contributed by atoms with E-state index in [0.717, 1.165) is 23.5 Å². The Hall–Kier alpha value is -2.28. The number of carbonyl (C=O) groups excluding carboxylic acids is 1. The monoisotopic (exact) mass is 348 g/mol. The lowest BCUT2D eigenvalue weighted by atomic mass is 10.1. The molecule has 1 fully saturated rings. The summed E-state index contributed by atoms with van der Waals surface area (Å²) in [5.74, 6) is 0.365. The summed E-state index contributed by atoms with van der Waals surface area (Å²) in [5.41, 5.74) is 1.05. The van der Waals surface area contributed by atoms with Gasteiger partial charge in [-0.1, -0.05) is 6.07 Å². The van der Waals surface area contributed by atoms with Crippen LogP contribution < -0.4 is 9.47 Å². The third kappa shape index (κ3) is 4.22. The summed E-state index contributed by atoms with van der Waals surface area (Å²) < 4.78 is 11.1. The largest absolute Gasteiger partial charge is 0.486 e. The maximum absolute atomic E-state index is 12.7. The van der Waals surface area contributed by atoms with Gasteiger partial charge in [-0.15, -0.1) is 0 Å². The molecule has 1 aromatic rings. The van der Waals surface area contributed by atoms with Gasteiger partial charge in [0.25, 0.3) is 0 Å². The molecule has 1 aliphatic heterocycles. The van der Waals surface area contributed by atoms with Crippen LogP contribution in [0.25, 0.3) is 0 Å². The highest BCUT2D eigenvalue weighted by molar-refractivity contribution is 5.86. The molecule has 1 aliphatic carbocycles. The molecule has 1 saturated carbocycles. The molecule has 3 rings (SSSR count). The van der Waals surface area contributed by atoms with Crippen molar-refractivity contribution in [3.63, 3.8) is 0 Å². The normalized spacial score (nSPS) is 21.1. The molecular weight excluding hydrogens is 324 g/mol. The SMILES string of the molecule is CN(C)CCN(CC(=O)O)C(=O)[C@@H]1C[C@H]1c1ccc2c(c1)OCCO2. The average Bonchev–Trinajstić information content (AvgIpc) is 3.38. The molecule has 0 saturated heterocycles. The van der Waals surface area contributed by atoms with Crippen molar-refractivity contribution in [2.24, 2.45) is 5.92 Å². The quantitative estimate of drug-likeness (QED) is 0.793. The van der Waals surface area contributed by atoms with E-state index in [-0.39, 0.29) is 24.3 Å². The molecule has 7 heteroatoms. The summed E-state index contributed by atoms with van der Waals surface area (Å²) in [6.45, 7) is 1.88. The van der Waals surface area contributed by atoms with E-state index in [4.69, 9.17) is 14.6 Å². The van der Waals surface area contributed by atoms with Crippen LogP contribution in [0.4, 0.5) is 0 Å². The van der Waals surface area contributed by atoms with Gasteiger partial charge >= 0.3 is 5.97 Å².